The van der Waals surface area contributed by atoms with E-state index in [4.69, 9.17) is 46.4 Å². The smallest absolute Gasteiger partial charge is 2.00 e. The van der Waals surface area contributed by atoms with Crippen LogP contribution in [0.15, 0.2) is 0 Å². The van der Waals surface area contributed by atoms with Crippen LogP contribution in [0.3, 0.4) is 0 Å². The molecule has 0 rings (SSSR count). The fourth-order valence-electron chi connectivity index (χ4n) is 0. The number of hydrogen-bond acceptors (Lipinski definition) is 0. The molecule has 0 saturated heterocycles. The van der Waals surface area contributed by atoms with Crippen LogP contribution in [0.1, 0.15) is 0 Å². The molecule has 0 N–H and O–H groups in total. The predicted molar refractivity (Wildman–Crippen MR) is 27.5 cm³/mol. The summed E-state index contributed by atoms with van der Waals surface area (Å²) in [5, 5.41) is 0. The summed E-state index contributed by atoms with van der Waals surface area (Å²) < 4.78 is -1.61. The Bertz CT molecular complexity index is 29.5. The van der Waals surface area contributed by atoms with Crippen molar-refractivity contribution < 1.29 is 32.7 Å². The van der Waals surface area contributed by atoms with Gasteiger partial charge >= 0.3 is 21.7 Å². The fourth-order valence-corrected chi connectivity index (χ4v) is 0. The minimum absolute atomic E-state index is 0. The molecule has 0 aliphatic rings. The van der Waals surface area contributed by atoms with Crippen LogP contribution in [0.2, 0.25) is 0 Å². The van der Waals surface area contributed by atoms with Crippen molar-refractivity contribution in [1.82, 2.24) is 0 Å². The van der Waals surface area contributed by atoms with Crippen LogP contribution < -0.4 is 0 Å². The van der Waals surface area contributed by atoms with Gasteiger partial charge in [0.2, 0.25) is 0 Å². The third-order valence-electron chi connectivity index (χ3n) is 0. The number of alkyl halides is 4. The normalized spacial score (nSPS) is 7.50. The molecule has 8 heavy (non-hydrogen) atoms. The third kappa shape index (κ3) is 112. The largest absolute Gasteiger partial charge is 4.00 e. The average molecular weight is 234 g/mol. The van der Waals surface area contributed by atoms with E-state index in [0.29, 0.717) is 0 Å². The van der Waals surface area contributed by atoms with Crippen LogP contribution in [0.4, 0.5) is 0 Å². The van der Waals surface area contributed by atoms with Gasteiger partial charge in [-0.3, -0.25) is 0 Å². The molecule has 0 atom stereocenters. The second-order valence-corrected chi connectivity index (χ2v) is 3.86. The van der Waals surface area contributed by atoms with E-state index in [0.717, 1.165) is 0 Å². The van der Waals surface area contributed by atoms with Gasteiger partial charge in [-0.1, -0.05) is 46.4 Å². The first kappa shape index (κ1) is 22.6. The molecule has 0 aromatic rings. The van der Waals surface area contributed by atoms with E-state index in [9.17, 15) is 0 Å². The van der Waals surface area contributed by atoms with Gasteiger partial charge in [-0.05, 0) is 0 Å². The SMILES string of the molecule is ClC(Cl)(Cl)Cl.[O-2].[O-2].[Ti+4]. The van der Waals surface area contributed by atoms with Crippen molar-refractivity contribution >= 4 is 46.4 Å². The van der Waals surface area contributed by atoms with E-state index in [1.165, 1.54) is 0 Å². The molecule has 0 heterocycles. The Labute approximate surface area is 81.9 Å². The van der Waals surface area contributed by atoms with Crippen LogP contribution in [0.25, 0.3) is 0 Å². The topological polar surface area (TPSA) is 57.0 Å². The molecule has 0 unspecified atom stereocenters. The fraction of sp³-hybridized carbons (Fsp3) is 1.00. The van der Waals surface area contributed by atoms with E-state index in [2.05, 4.69) is 0 Å². The van der Waals surface area contributed by atoms with Gasteiger partial charge < -0.3 is 11.0 Å². The molecule has 0 aromatic heterocycles. The first-order chi connectivity index (χ1) is 2.00. The first-order valence-corrected chi connectivity index (χ1v) is 2.27. The summed E-state index contributed by atoms with van der Waals surface area (Å²) in [6, 6.07) is 0. The summed E-state index contributed by atoms with van der Waals surface area (Å²) in [4.78, 5) is 0. The summed E-state index contributed by atoms with van der Waals surface area (Å²) in [7, 11) is 0. The van der Waals surface area contributed by atoms with E-state index in [1.54, 1.807) is 0 Å². The summed E-state index contributed by atoms with van der Waals surface area (Å²) in [6.07, 6.45) is 0. The van der Waals surface area contributed by atoms with E-state index < -0.39 is 3.25 Å². The Morgan fingerprint density at radius 2 is 0.750 bits per heavy atom. The molecule has 0 radical (unpaired) electrons. The van der Waals surface area contributed by atoms with E-state index in [-0.39, 0.29) is 32.7 Å². The second-order valence-electron chi connectivity index (χ2n) is 0.429. The van der Waals surface area contributed by atoms with Crippen LogP contribution in [0, 0.1) is 0 Å². The maximum absolute atomic E-state index is 4.83. The Morgan fingerprint density at radius 3 is 0.750 bits per heavy atom. The maximum Gasteiger partial charge on any atom is 4.00 e. The minimum Gasteiger partial charge on any atom is -2.00 e. The Kier molecular flexibility index (Phi) is 24.8. The van der Waals surface area contributed by atoms with Gasteiger partial charge in [0.15, 0.2) is 0 Å². The second kappa shape index (κ2) is 8.79. The quantitative estimate of drug-likeness (QED) is 0.456. The van der Waals surface area contributed by atoms with E-state index >= 15 is 0 Å². The number of rotatable bonds is 0. The van der Waals surface area contributed by atoms with Crippen LogP contribution in [-0.2, 0) is 32.7 Å². The summed E-state index contributed by atoms with van der Waals surface area (Å²) in [6.45, 7) is 0. The molecule has 2 nitrogen and oxygen atoms in total. The molecule has 0 bridgehead atoms. The first-order valence-electron chi connectivity index (χ1n) is 0.756. The number of halogens is 4. The summed E-state index contributed by atoms with van der Waals surface area (Å²) in [5.74, 6) is 0. The third-order valence-corrected chi connectivity index (χ3v) is 0. The summed E-state index contributed by atoms with van der Waals surface area (Å²) in [5.41, 5.74) is 0. The zero-order chi connectivity index (χ0) is 4.50. The maximum atomic E-state index is 4.83. The van der Waals surface area contributed by atoms with Gasteiger partial charge in [-0.2, -0.15) is 0 Å². The molecule has 0 aliphatic heterocycles. The van der Waals surface area contributed by atoms with Gasteiger partial charge in [0.05, 0.1) is 0 Å². The van der Waals surface area contributed by atoms with Gasteiger partial charge in [-0.25, -0.2) is 0 Å². The van der Waals surface area contributed by atoms with Gasteiger partial charge in [-0.15, -0.1) is 0 Å². The van der Waals surface area contributed by atoms with Crippen molar-refractivity contribution in [3.8, 4) is 0 Å². The minimum atomic E-state index is -1.61. The molecule has 0 saturated carbocycles. The van der Waals surface area contributed by atoms with Crippen molar-refractivity contribution in [3.63, 3.8) is 0 Å². The van der Waals surface area contributed by atoms with Crippen LogP contribution in [-0.4, -0.2) is 3.25 Å². The van der Waals surface area contributed by atoms with Crippen molar-refractivity contribution in [2.75, 3.05) is 0 Å². The van der Waals surface area contributed by atoms with Crippen molar-refractivity contribution in [1.29, 1.82) is 0 Å². The van der Waals surface area contributed by atoms with Crippen molar-refractivity contribution in [2.24, 2.45) is 0 Å². The molecule has 0 spiro atoms. The van der Waals surface area contributed by atoms with Gasteiger partial charge in [0, 0.05) is 0 Å². The predicted octanol–water partition coefficient (Wildman–Crippen LogP) is 2.31. The Hall–Kier alpha value is 1.79. The van der Waals surface area contributed by atoms with Gasteiger partial charge in [0.25, 0.3) is 3.25 Å². The standard InChI is InChI=1S/CCl4.2O.Ti/c2-1(3,4)5;;;/q;2*-2;+4. The molecular weight excluding hydrogens is 234 g/mol. The molecular formula is CCl4O2Ti. The molecule has 0 fully saturated rings. The number of hydrogen-bond donors (Lipinski definition) is 0. The molecule has 48 valence electrons. The van der Waals surface area contributed by atoms with Gasteiger partial charge in [0.1, 0.15) is 0 Å². The molecule has 0 aliphatic carbocycles. The zero-order valence-corrected chi connectivity index (χ0v) is 7.91. The average Bonchev–Trinajstić information content (AvgIpc) is 0.722. The van der Waals surface area contributed by atoms with Crippen molar-refractivity contribution in [3.05, 3.63) is 0 Å². The Balaban J connectivity index is -0.0000000267. The molecule has 0 amide bonds. The van der Waals surface area contributed by atoms with Crippen LogP contribution in [0.5, 0.6) is 0 Å². The summed E-state index contributed by atoms with van der Waals surface area (Å²) >= 11 is 19.3. The molecule has 0 aromatic carbocycles. The van der Waals surface area contributed by atoms with Crippen molar-refractivity contribution in [2.45, 2.75) is 3.25 Å². The zero-order valence-electron chi connectivity index (χ0n) is 3.33. The Morgan fingerprint density at radius 1 is 0.750 bits per heavy atom. The monoisotopic (exact) mass is 232 g/mol. The van der Waals surface area contributed by atoms with E-state index in [1.807, 2.05) is 0 Å². The van der Waals surface area contributed by atoms with Crippen LogP contribution >= 0.6 is 46.4 Å². The molecule has 7 heteroatoms.